The van der Waals surface area contributed by atoms with Crippen LogP contribution >= 0.6 is 0 Å². The quantitative estimate of drug-likeness (QED) is 0.832. The van der Waals surface area contributed by atoms with Crippen LogP contribution in [0.3, 0.4) is 0 Å². The van der Waals surface area contributed by atoms with Gasteiger partial charge in [-0.15, -0.1) is 0 Å². The van der Waals surface area contributed by atoms with Crippen LogP contribution in [-0.4, -0.2) is 16.4 Å². The zero-order valence-electron chi connectivity index (χ0n) is 10.1. The summed E-state index contributed by atoms with van der Waals surface area (Å²) in [4.78, 5) is 16.1. The van der Waals surface area contributed by atoms with Crippen LogP contribution < -0.4 is 11.1 Å². The molecule has 1 aliphatic carbocycles. The van der Waals surface area contributed by atoms with E-state index in [0.29, 0.717) is 0 Å². The second-order valence-electron chi connectivity index (χ2n) is 4.84. The lowest BCUT2D eigenvalue weighted by molar-refractivity contribution is -0.126. The summed E-state index contributed by atoms with van der Waals surface area (Å²) in [5.74, 6) is -0.0284. The number of rotatable bonds is 3. The number of nitrogens with zero attached hydrogens (tertiary/aromatic N) is 1. The molecule has 3 N–H and O–H groups in total. The number of pyridine rings is 1. The van der Waals surface area contributed by atoms with Crippen molar-refractivity contribution in [2.75, 3.05) is 0 Å². The predicted molar refractivity (Wildman–Crippen MR) is 66.2 cm³/mol. The van der Waals surface area contributed by atoms with Crippen molar-refractivity contribution in [3.63, 3.8) is 0 Å². The average molecular weight is 233 g/mol. The summed E-state index contributed by atoms with van der Waals surface area (Å²) in [6.07, 6.45) is 7.14. The van der Waals surface area contributed by atoms with Crippen LogP contribution in [0.1, 0.15) is 44.2 Å². The van der Waals surface area contributed by atoms with Gasteiger partial charge < -0.3 is 11.1 Å². The molecule has 4 nitrogen and oxygen atoms in total. The predicted octanol–water partition coefficient (Wildman–Crippen LogP) is 1.53. The van der Waals surface area contributed by atoms with Crippen molar-refractivity contribution in [1.29, 1.82) is 0 Å². The average Bonchev–Trinajstić information content (AvgIpc) is 2.78. The second kappa shape index (κ2) is 4.84. The van der Waals surface area contributed by atoms with Crippen LogP contribution in [-0.2, 0) is 4.79 Å². The molecule has 1 aromatic heterocycles. The Balaban J connectivity index is 1.99. The summed E-state index contributed by atoms with van der Waals surface area (Å²) in [6.45, 7) is 1.96. The van der Waals surface area contributed by atoms with E-state index in [1.54, 1.807) is 12.4 Å². The maximum Gasteiger partial charge on any atom is 0.240 e. The van der Waals surface area contributed by atoms with Gasteiger partial charge in [-0.3, -0.25) is 9.78 Å². The molecule has 17 heavy (non-hydrogen) atoms. The molecule has 92 valence electrons. The van der Waals surface area contributed by atoms with Gasteiger partial charge in [-0.05, 0) is 37.5 Å². The number of carbonyl (C=O) groups excluding carboxylic acids is 1. The van der Waals surface area contributed by atoms with E-state index < -0.39 is 5.54 Å². The number of nitrogens with two attached hydrogens (primary N) is 1. The van der Waals surface area contributed by atoms with E-state index in [2.05, 4.69) is 10.3 Å². The molecule has 1 aliphatic rings. The zero-order valence-corrected chi connectivity index (χ0v) is 10.1. The van der Waals surface area contributed by atoms with Crippen molar-refractivity contribution in [2.45, 2.75) is 44.2 Å². The molecule has 4 heteroatoms. The molecule has 0 spiro atoms. The first kappa shape index (κ1) is 12.0. The molecule has 2 rings (SSSR count). The third-order valence-electron chi connectivity index (χ3n) is 3.50. The number of amides is 1. The van der Waals surface area contributed by atoms with Gasteiger partial charge in [0.15, 0.2) is 0 Å². The van der Waals surface area contributed by atoms with Crippen LogP contribution in [0.5, 0.6) is 0 Å². The molecule has 1 fully saturated rings. The summed E-state index contributed by atoms with van der Waals surface area (Å²) in [5.41, 5.74) is 6.50. The minimum Gasteiger partial charge on any atom is -0.348 e. The van der Waals surface area contributed by atoms with Crippen LogP contribution in [0.15, 0.2) is 24.5 Å². The standard InChI is InChI=1S/C13H19N3O/c1-10(11-4-8-15-9-5-11)16-12(17)13(14)6-2-3-7-13/h4-5,8-10H,2-3,6-7,14H2,1H3,(H,16,17)/t10-/m1/s1. The van der Waals surface area contributed by atoms with Crippen molar-refractivity contribution in [3.05, 3.63) is 30.1 Å². The first-order valence-corrected chi connectivity index (χ1v) is 6.12. The van der Waals surface area contributed by atoms with Gasteiger partial charge >= 0.3 is 0 Å². The van der Waals surface area contributed by atoms with Crippen LogP contribution in [0.25, 0.3) is 0 Å². The van der Waals surface area contributed by atoms with E-state index in [4.69, 9.17) is 5.73 Å². The lowest BCUT2D eigenvalue weighted by Gasteiger charge is -2.25. The highest BCUT2D eigenvalue weighted by Gasteiger charge is 2.37. The third kappa shape index (κ3) is 2.64. The van der Waals surface area contributed by atoms with Crippen molar-refractivity contribution in [1.82, 2.24) is 10.3 Å². The van der Waals surface area contributed by atoms with Crippen molar-refractivity contribution in [3.8, 4) is 0 Å². The van der Waals surface area contributed by atoms with Gasteiger partial charge in [-0.1, -0.05) is 12.8 Å². The summed E-state index contributed by atoms with van der Waals surface area (Å²) < 4.78 is 0. The van der Waals surface area contributed by atoms with Crippen LogP contribution in [0, 0.1) is 0 Å². The minimum atomic E-state index is -0.651. The zero-order chi connectivity index (χ0) is 12.3. The normalized spacial score (nSPS) is 19.9. The Labute approximate surface area is 102 Å². The van der Waals surface area contributed by atoms with Crippen LogP contribution in [0.4, 0.5) is 0 Å². The van der Waals surface area contributed by atoms with Gasteiger partial charge in [-0.2, -0.15) is 0 Å². The molecule has 1 saturated carbocycles. The van der Waals surface area contributed by atoms with Gasteiger partial charge in [0.05, 0.1) is 11.6 Å². The van der Waals surface area contributed by atoms with Gasteiger partial charge in [0.1, 0.15) is 0 Å². The Hall–Kier alpha value is -1.42. The molecular formula is C13H19N3O. The minimum absolute atomic E-state index is 0.0217. The molecule has 0 radical (unpaired) electrons. The Morgan fingerprint density at radius 1 is 1.41 bits per heavy atom. The Kier molecular flexibility index (Phi) is 3.43. The molecule has 0 aliphatic heterocycles. The fourth-order valence-electron chi connectivity index (χ4n) is 2.31. The SMILES string of the molecule is C[C@@H](NC(=O)C1(N)CCCC1)c1ccncc1. The highest BCUT2D eigenvalue weighted by molar-refractivity contribution is 5.86. The molecule has 0 bridgehead atoms. The van der Waals surface area contributed by atoms with Crippen LogP contribution in [0.2, 0.25) is 0 Å². The van der Waals surface area contributed by atoms with Gasteiger partial charge in [0, 0.05) is 12.4 Å². The summed E-state index contributed by atoms with van der Waals surface area (Å²) in [6, 6.07) is 3.79. The molecule has 1 atom stereocenters. The van der Waals surface area contributed by atoms with Gasteiger partial charge in [-0.25, -0.2) is 0 Å². The van der Waals surface area contributed by atoms with E-state index in [1.165, 1.54) is 0 Å². The molecule has 0 saturated heterocycles. The number of carbonyl (C=O) groups is 1. The first-order valence-electron chi connectivity index (χ1n) is 6.12. The molecule has 1 aromatic rings. The van der Waals surface area contributed by atoms with Crippen molar-refractivity contribution < 1.29 is 4.79 Å². The third-order valence-corrected chi connectivity index (χ3v) is 3.50. The van der Waals surface area contributed by atoms with E-state index in [0.717, 1.165) is 31.2 Å². The maximum absolute atomic E-state index is 12.1. The highest BCUT2D eigenvalue weighted by Crippen LogP contribution is 2.28. The number of nitrogens with one attached hydrogen (secondary N) is 1. The molecule has 0 unspecified atom stereocenters. The van der Waals surface area contributed by atoms with E-state index >= 15 is 0 Å². The largest absolute Gasteiger partial charge is 0.348 e. The van der Waals surface area contributed by atoms with E-state index in [9.17, 15) is 4.79 Å². The highest BCUT2D eigenvalue weighted by atomic mass is 16.2. The Bertz CT molecular complexity index is 385. The molecular weight excluding hydrogens is 214 g/mol. The molecule has 1 heterocycles. The summed E-state index contributed by atoms with van der Waals surface area (Å²) >= 11 is 0. The van der Waals surface area contributed by atoms with Crippen molar-refractivity contribution >= 4 is 5.91 Å². The lowest BCUT2D eigenvalue weighted by Crippen LogP contribution is -2.52. The number of hydrogen-bond donors (Lipinski definition) is 2. The number of hydrogen-bond acceptors (Lipinski definition) is 3. The first-order chi connectivity index (χ1) is 8.12. The number of aromatic nitrogens is 1. The smallest absolute Gasteiger partial charge is 0.240 e. The summed E-state index contributed by atoms with van der Waals surface area (Å²) in [5, 5.41) is 2.99. The molecule has 1 amide bonds. The van der Waals surface area contributed by atoms with E-state index in [-0.39, 0.29) is 11.9 Å². The monoisotopic (exact) mass is 233 g/mol. The second-order valence-corrected chi connectivity index (χ2v) is 4.84. The van der Waals surface area contributed by atoms with Gasteiger partial charge in [0.25, 0.3) is 0 Å². The van der Waals surface area contributed by atoms with E-state index in [1.807, 2.05) is 19.1 Å². The summed E-state index contributed by atoms with van der Waals surface area (Å²) in [7, 11) is 0. The Morgan fingerprint density at radius 3 is 2.59 bits per heavy atom. The van der Waals surface area contributed by atoms with Crippen molar-refractivity contribution in [2.24, 2.45) is 5.73 Å². The Morgan fingerprint density at radius 2 is 2.00 bits per heavy atom. The fourth-order valence-corrected chi connectivity index (χ4v) is 2.31. The lowest BCUT2D eigenvalue weighted by atomic mass is 9.97. The fraction of sp³-hybridized carbons (Fsp3) is 0.538. The maximum atomic E-state index is 12.1. The topological polar surface area (TPSA) is 68.0 Å². The van der Waals surface area contributed by atoms with Gasteiger partial charge in [0.2, 0.25) is 5.91 Å². The molecule has 0 aromatic carbocycles.